The largest absolute Gasteiger partial charge is 0.416 e. The van der Waals surface area contributed by atoms with Crippen LogP contribution in [-0.4, -0.2) is 28.8 Å². The van der Waals surface area contributed by atoms with Gasteiger partial charge in [-0.1, -0.05) is 23.7 Å². The molecule has 3 aromatic rings. The van der Waals surface area contributed by atoms with E-state index in [1.165, 1.54) is 22.9 Å². The molecule has 0 aliphatic carbocycles. The van der Waals surface area contributed by atoms with Crippen LogP contribution in [0, 0.1) is 12.8 Å². The zero-order chi connectivity index (χ0) is 24.5. The van der Waals surface area contributed by atoms with Crippen molar-refractivity contribution < 1.29 is 18.0 Å². The quantitative estimate of drug-likeness (QED) is 0.554. The zero-order valence-electron chi connectivity index (χ0n) is 18.3. The molecule has 1 saturated heterocycles. The number of nitrogens with one attached hydrogen (secondary N) is 1. The lowest BCUT2D eigenvalue weighted by atomic mass is 9.97. The fraction of sp³-hybridized carbons (Fsp3) is 0.292. The lowest BCUT2D eigenvalue weighted by Crippen LogP contribution is -2.41. The van der Waals surface area contributed by atoms with Crippen molar-refractivity contribution in [2.45, 2.75) is 25.9 Å². The van der Waals surface area contributed by atoms with Crippen LogP contribution in [0.2, 0.25) is 5.02 Å². The molecule has 1 aliphatic heterocycles. The number of rotatable bonds is 4. The van der Waals surface area contributed by atoms with Crippen LogP contribution in [0.1, 0.15) is 24.0 Å². The second-order valence-corrected chi connectivity index (χ2v) is 8.64. The van der Waals surface area contributed by atoms with Crippen LogP contribution in [-0.2, 0) is 11.0 Å². The highest BCUT2D eigenvalue weighted by molar-refractivity contribution is 6.31. The Morgan fingerprint density at radius 3 is 2.68 bits per heavy atom. The Hall–Kier alpha value is -3.33. The van der Waals surface area contributed by atoms with Crippen LogP contribution in [0.25, 0.3) is 5.69 Å². The summed E-state index contributed by atoms with van der Waals surface area (Å²) in [5.74, 6) is -0.283. The molecule has 34 heavy (non-hydrogen) atoms. The monoisotopic (exact) mass is 490 g/mol. The van der Waals surface area contributed by atoms with Crippen molar-refractivity contribution in [1.29, 1.82) is 0 Å². The normalized spacial score (nSPS) is 16.4. The van der Waals surface area contributed by atoms with Gasteiger partial charge >= 0.3 is 6.18 Å². The van der Waals surface area contributed by atoms with Gasteiger partial charge in [0.15, 0.2) is 0 Å². The molecule has 1 amide bonds. The van der Waals surface area contributed by atoms with Crippen LogP contribution in [0.4, 0.5) is 24.7 Å². The number of hydrogen-bond donors (Lipinski definition) is 1. The number of benzene rings is 2. The lowest BCUT2D eigenvalue weighted by molar-refractivity contribution is -0.137. The van der Waals surface area contributed by atoms with Crippen LogP contribution >= 0.6 is 11.6 Å². The van der Waals surface area contributed by atoms with Crippen molar-refractivity contribution in [2.24, 2.45) is 5.92 Å². The number of aryl methyl sites for hydroxylation is 1. The first kappa shape index (κ1) is 23.8. The van der Waals surface area contributed by atoms with E-state index < -0.39 is 17.7 Å². The molecule has 1 aliphatic rings. The molecule has 178 valence electrons. The molecule has 10 heteroatoms. The van der Waals surface area contributed by atoms with Gasteiger partial charge in [-0.3, -0.25) is 9.59 Å². The molecule has 0 spiro atoms. The highest BCUT2D eigenvalue weighted by atomic mass is 35.5. The number of piperidine rings is 1. The van der Waals surface area contributed by atoms with Gasteiger partial charge < -0.3 is 10.2 Å². The summed E-state index contributed by atoms with van der Waals surface area (Å²) in [5, 5.41) is 7.58. The molecule has 1 N–H and O–H groups in total. The molecule has 2 aromatic carbocycles. The summed E-state index contributed by atoms with van der Waals surface area (Å²) in [5.41, 5.74) is 0.358. The number of amides is 1. The Bertz CT molecular complexity index is 1280. The molecule has 0 radical (unpaired) electrons. The summed E-state index contributed by atoms with van der Waals surface area (Å²) < 4.78 is 40.2. The first-order valence-electron chi connectivity index (χ1n) is 10.7. The van der Waals surface area contributed by atoms with E-state index in [0.717, 1.165) is 17.7 Å². The SMILES string of the molecule is Cc1ccc(-n2nc(N3CCC[C@@H](C(=O)Nc4cccc(C(F)(F)F)c4)C3)ccc2=O)cc1Cl. The van der Waals surface area contributed by atoms with Crippen molar-refractivity contribution in [3.05, 3.63) is 81.1 Å². The Morgan fingerprint density at radius 1 is 1.15 bits per heavy atom. The maximum Gasteiger partial charge on any atom is 0.416 e. The summed E-state index contributed by atoms with van der Waals surface area (Å²) in [6.07, 6.45) is -3.20. The van der Waals surface area contributed by atoms with Gasteiger partial charge in [-0.15, -0.1) is 5.10 Å². The van der Waals surface area contributed by atoms with Crippen LogP contribution in [0.15, 0.2) is 59.4 Å². The predicted octanol–water partition coefficient (Wildman–Crippen LogP) is 5.07. The number of aromatic nitrogens is 2. The van der Waals surface area contributed by atoms with Gasteiger partial charge in [-0.05, 0) is 61.7 Å². The van der Waals surface area contributed by atoms with Crippen LogP contribution in [0.5, 0.6) is 0 Å². The summed E-state index contributed by atoms with van der Waals surface area (Å²) in [7, 11) is 0. The smallest absolute Gasteiger partial charge is 0.354 e. The van der Waals surface area contributed by atoms with Crippen molar-refractivity contribution in [2.75, 3.05) is 23.3 Å². The van der Waals surface area contributed by atoms with Crippen molar-refractivity contribution in [3.8, 4) is 5.69 Å². The lowest BCUT2D eigenvalue weighted by Gasteiger charge is -2.33. The van der Waals surface area contributed by atoms with E-state index in [1.807, 2.05) is 11.8 Å². The Labute approximate surface area is 199 Å². The molecule has 1 fully saturated rings. The van der Waals surface area contributed by atoms with Crippen molar-refractivity contribution in [3.63, 3.8) is 0 Å². The standard InChI is InChI=1S/C24H22ClF3N4O2/c1-15-7-8-19(13-20(15)25)32-22(33)10-9-21(30-32)31-11-3-4-16(14-31)23(34)29-18-6-2-5-17(12-18)24(26,27)28/h2,5-10,12-13,16H,3-4,11,14H2,1H3,(H,29,34)/t16-/m1/s1. The first-order valence-corrected chi connectivity index (χ1v) is 11.1. The molecule has 6 nitrogen and oxygen atoms in total. The Kier molecular flexibility index (Phi) is 6.65. The van der Waals surface area contributed by atoms with E-state index in [4.69, 9.17) is 11.6 Å². The van der Waals surface area contributed by atoms with E-state index in [0.29, 0.717) is 42.5 Å². The second-order valence-electron chi connectivity index (χ2n) is 8.23. The minimum atomic E-state index is -4.49. The number of nitrogens with zero attached hydrogens (tertiary/aromatic N) is 3. The summed E-state index contributed by atoms with van der Waals surface area (Å²) in [6, 6.07) is 12.8. The van der Waals surface area contributed by atoms with E-state index >= 15 is 0 Å². The minimum Gasteiger partial charge on any atom is -0.354 e. The first-order chi connectivity index (χ1) is 16.1. The molecule has 1 atom stereocenters. The third-order valence-electron chi connectivity index (χ3n) is 5.76. The average Bonchev–Trinajstić information content (AvgIpc) is 2.81. The topological polar surface area (TPSA) is 67.2 Å². The third kappa shape index (κ3) is 5.25. The van der Waals surface area contributed by atoms with E-state index in [2.05, 4.69) is 10.4 Å². The molecular formula is C24H22ClF3N4O2. The van der Waals surface area contributed by atoms with Gasteiger partial charge in [0.2, 0.25) is 5.91 Å². The number of anilines is 2. The summed E-state index contributed by atoms with van der Waals surface area (Å²) in [6.45, 7) is 2.81. The van der Waals surface area contributed by atoms with E-state index in [-0.39, 0.29) is 17.2 Å². The molecule has 0 bridgehead atoms. The van der Waals surface area contributed by atoms with E-state index in [9.17, 15) is 22.8 Å². The van der Waals surface area contributed by atoms with Crippen LogP contribution in [0.3, 0.4) is 0 Å². The average molecular weight is 491 g/mol. The van der Waals surface area contributed by atoms with E-state index in [1.54, 1.807) is 24.3 Å². The molecule has 1 aromatic heterocycles. The fourth-order valence-corrected chi connectivity index (χ4v) is 4.06. The van der Waals surface area contributed by atoms with Crippen molar-refractivity contribution >= 4 is 29.0 Å². The minimum absolute atomic E-state index is 0.0971. The van der Waals surface area contributed by atoms with Gasteiger partial charge in [0.05, 0.1) is 17.2 Å². The second kappa shape index (κ2) is 9.50. The highest BCUT2D eigenvalue weighted by Crippen LogP contribution is 2.31. The Balaban J connectivity index is 1.51. The molecular weight excluding hydrogens is 469 g/mol. The predicted molar refractivity (Wildman–Crippen MR) is 125 cm³/mol. The number of halogens is 4. The van der Waals surface area contributed by atoms with Gasteiger partial charge in [0.1, 0.15) is 5.82 Å². The number of hydrogen-bond acceptors (Lipinski definition) is 4. The molecule has 0 saturated carbocycles. The van der Waals surface area contributed by atoms with Gasteiger partial charge in [0, 0.05) is 29.9 Å². The van der Waals surface area contributed by atoms with Gasteiger partial charge in [0.25, 0.3) is 5.56 Å². The molecule has 0 unspecified atom stereocenters. The number of carbonyl (C=O) groups excluding carboxylic acids is 1. The maximum absolute atomic E-state index is 13.0. The Morgan fingerprint density at radius 2 is 1.94 bits per heavy atom. The molecule has 4 rings (SSSR count). The van der Waals surface area contributed by atoms with Crippen LogP contribution < -0.4 is 15.8 Å². The van der Waals surface area contributed by atoms with Crippen molar-refractivity contribution in [1.82, 2.24) is 9.78 Å². The maximum atomic E-state index is 13.0. The van der Waals surface area contributed by atoms with Gasteiger partial charge in [-0.2, -0.15) is 17.9 Å². The number of alkyl halides is 3. The fourth-order valence-electron chi connectivity index (χ4n) is 3.89. The molecule has 2 heterocycles. The number of carbonyl (C=O) groups is 1. The van der Waals surface area contributed by atoms with Gasteiger partial charge in [-0.25, -0.2) is 0 Å². The third-order valence-corrected chi connectivity index (χ3v) is 6.17. The summed E-state index contributed by atoms with van der Waals surface area (Å²) in [4.78, 5) is 27.1. The highest BCUT2D eigenvalue weighted by Gasteiger charge is 2.31. The zero-order valence-corrected chi connectivity index (χ0v) is 19.0. The summed E-state index contributed by atoms with van der Waals surface area (Å²) >= 11 is 6.20.